The van der Waals surface area contributed by atoms with E-state index in [-0.39, 0.29) is 5.69 Å². The number of carboxylic acid groups (broad SMARTS) is 1. The van der Waals surface area contributed by atoms with E-state index in [0.717, 1.165) is 11.1 Å². The molecule has 0 aliphatic rings. The van der Waals surface area contributed by atoms with Gasteiger partial charge in [0.2, 0.25) is 0 Å². The molecule has 0 saturated carbocycles. The molecule has 0 fully saturated rings. The van der Waals surface area contributed by atoms with Crippen LogP contribution in [0.3, 0.4) is 0 Å². The maximum absolute atomic E-state index is 10.5. The van der Waals surface area contributed by atoms with E-state index < -0.39 is 5.97 Å². The predicted octanol–water partition coefficient (Wildman–Crippen LogP) is 1.73. The molecule has 1 N–H and O–H groups in total. The summed E-state index contributed by atoms with van der Waals surface area (Å²) in [5.41, 5.74) is 1.79. The van der Waals surface area contributed by atoms with Crippen LogP contribution in [0, 0.1) is 6.92 Å². The highest BCUT2D eigenvalue weighted by Crippen LogP contribution is 2.09. The van der Waals surface area contributed by atoms with Gasteiger partial charge in [0.05, 0.1) is 0 Å². The van der Waals surface area contributed by atoms with Gasteiger partial charge in [-0.05, 0) is 24.1 Å². The van der Waals surface area contributed by atoms with E-state index >= 15 is 0 Å². The normalized spacial score (nSPS) is 9.42. The molecule has 0 unspecified atom stereocenters. The van der Waals surface area contributed by atoms with Crippen molar-refractivity contribution in [3.05, 3.63) is 35.7 Å². The Hall–Kier alpha value is -1.64. The number of pyridine rings is 1. The molecular formula is C9H9NO2. The van der Waals surface area contributed by atoms with E-state index in [1.807, 2.05) is 6.92 Å². The van der Waals surface area contributed by atoms with Crippen molar-refractivity contribution in [2.45, 2.75) is 6.92 Å². The lowest BCUT2D eigenvalue weighted by atomic mass is 10.1. The Morgan fingerprint density at radius 1 is 1.75 bits per heavy atom. The first-order chi connectivity index (χ1) is 5.65. The monoisotopic (exact) mass is 163 g/mol. The van der Waals surface area contributed by atoms with Crippen molar-refractivity contribution in [3.63, 3.8) is 0 Å². The van der Waals surface area contributed by atoms with E-state index in [4.69, 9.17) is 5.11 Å². The van der Waals surface area contributed by atoms with Gasteiger partial charge in [-0.25, -0.2) is 9.78 Å². The number of carbonyl (C=O) groups is 1. The van der Waals surface area contributed by atoms with E-state index in [1.165, 1.54) is 12.3 Å². The molecule has 0 aliphatic heterocycles. The van der Waals surface area contributed by atoms with Gasteiger partial charge in [-0.3, -0.25) is 0 Å². The molecule has 0 atom stereocenters. The van der Waals surface area contributed by atoms with E-state index in [1.54, 1.807) is 6.08 Å². The van der Waals surface area contributed by atoms with Crippen LogP contribution < -0.4 is 0 Å². The molecule has 0 radical (unpaired) electrons. The molecular weight excluding hydrogens is 154 g/mol. The minimum atomic E-state index is -1.02. The zero-order valence-electron chi connectivity index (χ0n) is 6.74. The molecule has 1 rings (SSSR count). The average molecular weight is 163 g/mol. The summed E-state index contributed by atoms with van der Waals surface area (Å²) < 4.78 is 0. The third kappa shape index (κ3) is 1.50. The molecule has 12 heavy (non-hydrogen) atoms. The Balaban J connectivity index is 3.22. The number of hydrogen-bond donors (Lipinski definition) is 1. The highest BCUT2D eigenvalue weighted by atomic mass is 16.4. The molecule has 1 aromatic rings. The highest BCUT2D eigenvalue weighted by molar-refractivity contribution is 5.86. The molecule has 0 aliphatic carbocycles. The minimum absolute atomic E-state index is 0.0514. The van der Waals surface area contributed by atoms with Crippen molar-refractivity contribution >= 4 is 12.0 Å². The summed E-state index contributed by atoms with van der Waals surface area (Å²) in [6.45, 7) is 5.43. The summed E-state index contributed by atoms with van der Waals surface area (Å²) in [7, 11) is 0. The summed E-state index contributed by atoms with van der Waals surface area (Å²) in [5.74, 6) is -1.02. The number of carboxylic acids is 1. The summed E-state index contributed by atoms with van der Waals surface area (Å²) >= 11 is 0. The van der Waals surface area contributed by atoms with E-state index in [2.05, 4.69) is 11.6 Å². The third-order valence-electron chi connectivity index (χ3n) is 1.58. The molecule has 0 saturated heterocycles. The van der Waals surface area contributed by atoms with E-state index in [0.29, 0.717) is 0 Å². The Morgan fingerprint density at radius 3 is 2.92 bits per heavy atom. The summed E-state index contributed by atoms with van der Waals surface area (Å²) in [6.07, 6.45) is 3.14. The highest BCUT2D eigenvalue weighted by Gasteiger charge is 2.05. The van der Waals surface area contributed by atoms with Crippen LogP contribution in [0.15, 0.2) is 18.8 Å². The maximum atomic E-state index is 10.5. The average Bonchev–Trinajstić information content (AvgIpc) is 2.05. The maximum Gasteiger partial charge on any atom is 0.354 e. The third-order valence-corrected chi connectivity index (χ3v) is 1.58. The van der Waals surface area contributed by atoms with Crippen molar-refractivity contribution in [2.75, 3.05) is 0 Å². The Bertz CT molecular complexity index is 331. The Labute approximate surface area is 70.4 Å². The van der Waals surface area contributed by atoms with Gasteiger partial charge in [-0.2, -0.15) is 0 Å². The fourth-order valence-corrected chi connectivity index (χ4v) is 0.876. The number of aryl methyl sites for hydroxylation is 1. The Kier molecular flexibility index (Phi) is 2.24. The van der Waals surface area contributed by atoms with Crippen molar-refractivity contribution in [1.82, 2.24) is 4.98 Å². The van der Waals surface area contributed by atoms with Gasteiger partial charge in [0, 0.05) is 6.20 Å². The van der Waals surface area contributed by atoms with Crippen molar-refractivity contribution in [3.8, 4) is 0 Å². The van der Waals surface area contributed by atoms with Crippen LogP contribution in [0.1, 0.15) is 21.6 Å². The first kappa shape index (κ1) is 8.46. The van der Waals surface area contributed by atoms with Gasteiger partial charge in [0.25, 0.3) is 0 Å². The second-order valence-electron chi connectivity index (χ2n) is 2.44. The largest absolute Gasteiger partial charge is 0.477 e. The summed E-state index contributed by atoms with van der Waals surface area (Å²) in [6, 6.07) is 1.50. The standard InChI is InChI=1S/C9H9NO2/c1-3-7-4-8(9(11)12)10-5-6(7)2/h3-5H,1H2,2H3,(H,11,12). The lowest BCUT2D eigenvalue weighted by Gasteiger charge is -1.99. The molecule has 0 spiro atoms. The number of rotatable bonds is 2. The fourth-order valence-electron chi connectivity index (χ4n) is 0.876. The number of hydrogen-bond acceptors (Lipinski definition) is 2. The van der Waals surface area contributed by atoms with Crippen LogP contribution in [-0.2, 0) is 0 Å². The topological polar surface area (TPSA) is 50.2 Å². The van der Waals surface area contributed by atoms with Gasteiger partial charge >= 0.3 is 5.97 Å². The van der Waals surface area contributed by atoms with Gasteiger partial charge in [0.1, 0.15) is 5.69 Å². The van der Waals surface area contributed by atoms with Crippen molar-refractivity contribution in [2.24, 2.45) is 0 Å². The molecule has 3 nitrogen and oxygen atoms in total. The Morgan fingerprint density at radius 2 is 2.42 bits per heavy atom. The summed E-state index contributed by atoms with van der Waals surface area (Å²) in [5, 5.41) is 8.60. The van der Waals surface area contributed by atoms with Crippen molar-refractivity contribution < 1.29 is 9.90 Å². The van der Waals surface area contributed by atoms with Gasteiger partial charge < -0.3 is 5.11 Å². The van der Waals surface area contributed by atoms with Gasteiger partial charge in [-0.1, -0.05) is 12.7 Å². The van der Waals surface area contributed by atoms with Crippen molar-refractivity contribution in [1.29, 1.82) is 0 Å². The fraction of sp³-hybridized carbons (Fsp3) is 0.111. The molecule has 1 heterocycles. The molecule has 0 aromatic carbocycles. The molecule has 1 aromatic heterocycles. The molecule has 62 valence electrons. The lowest BCUT2D eigenvalue weighted by molar-refractivity contribution is 0.0690. The smallest absolute Gasteiger partial charge is 0.354 e. The lowest BCUT2D eigenvalue weighted by Crippen LogP contribution is -2.00. The second kappa shape index (κ2) is 3.17. The molecule has 0 amide bonds. The van der Waals surface area contributed by atoms with Gasteiger partial charge in [0.15, 0.2) is 0 Å². The van der Waals surface area contributed by atoms with Crippen LogP contribution in [-0.4, -0.2) is 16.1 Å². The number of aromatic nitrogens is 1. The predicted molar refractivity (Wildman–Crippen MR) is 46.0 cm³/mol. The zero-order chi connectivity index (χ0) is 9.14. The first-order valence-electron chi connectivity index (χ1n) is 3.47. The van der Waals surface area contributed by atoms with Gasteiger partial charge in [-0.15, -0.1) is 0 Å². The van der Waals surface area contributed by atoms with Crippen LogP contribution in [0.5, 0.6) is 0 Å². The molecule has 0 bridgehead atoms. The van der Waals surface area contributed by atoms with Crippen LogP contribution in [0.2, 0.25) is 0 Å². The van der Waals surface area contributed by atoms with Crippen LogP contribution >= 0.6 is 0 Å². The van der Waals surface area contributed by atoms with Crippen LogP contribution in [0.4, 0.5) is 0 Å². The SMILES string of the molecule is C=Cc1cc(C(=O)O)ncc1C. The quantitative estimate of drug-likeness (QED) is 0.722. The number of aromatic carboxylic acids is 1. The van der Waals surface area contributed by atoms with E-state index in [9.17, 15) is 4.79 Å². The minimum Gasteiger partial charge on any atom is -0.477 e. The first-order valence-corrected chi connectivity index (χ1v) is 3.47. The molecule has 3 heteroatoms. The summed E-state index contributed by atoms with van der Waals surface area (Å²) in [4.78, 5) is 14.2. The zero-order valence-corrected chi connectivity index (χ0v) is 6.74. The van der Waals surface area contributed by atoms with Crippen LogP contribution in [0.25, 0.3) is 6.08 Å². The number of nitrogens with zero attached hydrogens (tertiary/aromatic N) is 1. The second-order valence-corrected chi connectivity index (χ2v) is 2.44.